The second-order valence-electron chi connectivity index (χ2n) is 6.88. The molecule has 4 nitrogen and oxygen atoms in total. The maximum absolute atomic E-state index is 13.2. The van der Waals surface area contributed by atoms with E-state index >= 15 is 0 Å². The summed E-state index contributed by atoms with van der Waals surface area (Å²) in [4.78, 5) is 14.3. The number of halogens is 2. The van der Waals surface area contributed by atoms with Gasteiger partial charge in [-0.15, -0.1) is 0 Å². The highest BCUT2D eigenvalue weighted by molar-refractivity contribution is 6.31. The Morgan fingerprint density at radius 2 is 2.04 bits per heavy atom. The van der Waals surface area contributed by atoms with E-state index in [1.165, 1.54) is 18.2 Å². The smallest absolute Gasteiger partial charge is 0.253 e. The standard InChI is InChI=1S/C17H21ClFNO3/c1-16(22)6-9-23-17(11-16)4-7-20(8-5-17)15(21)12-2-3-14(19)13(18)10-12/h2-3,10,22H,4-9,11H2,1H3. The van der Waals surface area contributed by atoms with Crippen molar-refractivity contribution in [3.8, 4) is 0 Å². The van der Waals surface area contributed by atoms with Gasteiger partial charge in [-0.25, -0.2) is 4.39 Å². The predicted molar refractivity (Wildman–Crippen MR) is 85.1 cm³/mol. The van der Waals surface area contributed by atoms with E-state index in [1.807, 2.05) is 6.92 Å². The zero-order chi connectivity index (χ0) is 16.7. The fraction of sp³-hybridized carbons (Fsp3) is 0.588. The number of benzene rings is 1. The number of hydrogen-bond donors (Lipinski definition) is 1. The highest BCUT2D eigenvalue weighted by atomic mass is 35.5. The van der Waals surface area contributed by atoms with E-state index in [0.717, 1.165) is 0 Å². The van der Waals surface area contributed by atoms with Gasteiger partial charge in [0, 0.05) is 25.1 Å². The molecule has 0 aromatic heterocycles. The Labute approximate surface area is 140 Å². The van der Waals surface area contributed by atoms with Crippen molar-refractivity contribution >= 4 is 17.5 Å². The number of hydrogen-bond acceptors (Lipinski definition) is 3. The number of likely N-dealkylation sites (tertiary alicyclic amines) is 1. The lowest BCUT2D eigenvalue weighted by molar-refractivity contribution is -0.170. The van der Waals surface area contributed by atoms with Crippen LogP contribution < -0.4 is 0 Å². The third-order valence-corrected chi connectivity index (χ3v) is 5.17. The first-order valence-corrected chi connectivity index (χ1v) is 8.29. The minimum absolute atomic E-state index is 0.0454. The van der Waals surface area contributed by atoms with E-state index < -0.39 is 11.4 Å². The molecular formula is C17H21ClFNO3. The summed E-state index contributed by atoms with van der Waals surface area (Å²) in [5, 5.41) is 10.2. The van der Waals surface area contributed by atoms with Gasteiger partial charge >= 0.3 is 0 Å². The van der Waals surface area contributed by atoms with Gasteiger partial charge in [0.05, 0.1) is 22.8 Å². The molecule has 126 valence electrons. The topological polar surface area (TPSA) is 49.8 Å². The van der Waals surface area contributed by atoms with Gasteiger partial charge in [0.25, 0.3) is 5.91 Å². The molecule has 1 unspecified atom stereocenters. The molecule has 0 saturated carbocycles. The fourth-order valence-electron chi connectivity index (χ4n) is 3.57. The molecule has 1 spiro atoms. The molecule has 0 aliphatic carbocycles. The highest BCUT2D eigenvalue weighted by Crippen LogP contribution is 2.39. The molecule has 2 heterocycles. The van der Waals surface area contributed by atoms with Crippen LogP contribution in [0.5, 0.6) is 0 Å². The SMILES string of the molecule is CC1(O)CCOC2(CCN(C(=O)c3ccc(F)c(Cl)c3)CC2)C1. The molecule has 1 N–H and O–H groups in total. The summed E-state index contributed by atoms with van der Waals surface area (Å²) in [5.41, 5.74) is -0.641. The Kier molecular flexibility index (Phi) is 4.38. The van der Waals surface area contributed by atoms with E-state index in [0.29, 0.717) is 50.9 Å². The van der Waals surface area contributed by atoms with E-state index in [2.05, 4.69) is 0 Å². The summed E-state index contributed by atoms with van der Waals surface area (Å²) in [5.74, 6) is -0.678. The number of rotatable bonds is 1. The first-order chi connectivity index (χ1) is 10.8. The van der Waals surface area contributed by atoms with Crippen molar-refractivity contribution in [1.29, 1.82) is 0 Å². The Bertz CT molecular complexity index is 612. The van der Waals surface area contributed by atoms with Crippen LogP contribution in [0.2, 0.25) is 5.02 Å². The number of piperidine rings is 1. The van der Waals surface area contributed by atoms with Crippen molar-refractivity contribution in [3.05, 3.63) is 34.6 Å². The number of nitrogens with zero attached hydrogens (tertiary/aromatic N) is 1. The molecule has 2 aliphatic heterocycles. The van der Waals surface area contributed by atoms with Crippen molar-refractivity contribution in [2.45, 2.75) is 43.8 Å². The third-order valence-electron chi connectivity index (χ3n) is 4.88. The summed E-state index contributed by atoms with van der Waals surface area (Å²) >= 11 is 5.75. The van der Waals surface area contributed by atoms with E-state index in [9.17, 15) is 14.3 Å². The highest BCUT2D eigenvalue weighted by Gasteiger charge is 2.44. The van der Waals surface area contributed by atoms with Gasteiger partial charge in [-0.05, 0) is 44.4 Å². The maximum Gasteiger partial charge on any atom is 0.253 e. The predicted octanol–water partition coefficient (Wildman–Crippen LogP) is 3.02. The number of aliphatic hydroxyl groups is 1. The second-order valence-corrected chi connectivity index (χ2v) is 7.28. The summed E-state index contributed by atoms with van der Waals surface area (Å²) in [6, 6.07) is 4.03. The van der Waals surface area contributed by atoms with Crippen LogP contribution in [-0.4, -0.2) is 46.8 Å². The Hall–Kier alpha value is -1.17. The van der Waals surface area contributed by atoms with Crippen LogP contribution >= 0.6 is 11.6 Å². The van der Waals surface area contributed by atoms with Gasteiger partial charge in [0.1, 0.15) is 5.82 Å². The quantitative estimate of drug-likeness (QED) is 0.854. The third kappa shape index (κ3) is 3.52. The van der Waals surface area contributed by atoms with Crippen molar-refractivity contribution in [2.24, 2.45) is 0 Å². The van der Waals surface area contributed by atoms with Crippen molar-refractivity contribution in [2.75, 3.05) is 19.7 Å². The largest absolute Gasteiger partial charge is 0.390 e. The summed E-state index contributed by atoms with van der Waals surface area (Å²) < 4.78 is 19.2. The molecule has 23 heavy (non-hydrogen) atoms. The van der Waals surface area contributed by atoms with Gasteiger partial charge in [-0.1, -0.05) is 11.6 Å². The minimum Gasteiger partial charge on any atom is -0.390 e. The summed E-state index contributed by atoms with van der Waals surface area (Å²) in [6.07, 6.45) is 2.64. The lowest BCUT2D eigenvalue weighted by Crippen LogP contribution is -2.54. The average molecular weight is 342 g/mol. The molecule has 0 radical (unpaired) electrons. The fourth-order valence-corrected chi connectivity index (χ4v) is 3.75. The zero-order valence-corrected chi connectivity index (χ0v) is 13.9. The van der Waals surface area contributed by atoms with Crippen LogP contribution in [0, 0.1) is 5.82 Å². The second kappa shape index (κ2) is 6.04. The van der Waals surface area contributed by atoms with E-state index in [4.69, 9.17) is 16.3 Å². The molecule has 2 saturated heterocycles. The molecule has 1 aromatic rings. The molecule has 2 fully saturated rings. The Morgan fingerprint density at radius 1 is 1.35 bits per heavy atom. The number of amides is 1. The van der Waals surface area contributed by atoms with Crippen LogP contribution in [0.4, 0.5) is 4.39 Å². The molecule has 2 aliphatic rings. The van der Waals surface area contributed by atoms with E-state index in [1.54, 1.807) is 4.90 Å². The summed E-state index contributed by atoms with van der Waals surface area (Å²) in [6.45, 7) is 3.51. The normalized spacial score (nSPS) is 27.2. The molecular weight excluding hydrogens is 321 g/mol. The van der Waals surface area contributed by atoms with Crippen LogP contribution in [0.15, 0.2) is 18.2 Å². The monoisotopic (exact) mass is 341 g/mol. The van der Waals surface area contributed by atoms with E-state index in [-0.39, 0.29) is 16.5 Å². The van der Waals surface area contributed by atoms with Gasteiger partial charge in [0.15, 0.2) is 0 Å². The van der Waals surface area contributed by atoms with Crippen LogP contribution in [0.25, 0.3) is 0 Å². The molecule has 1 amide bonds. The van der Waals surface area contributed by atoms with Crippen LogP contribution in [0.1, 0.15) is 43.0 Å². The Morgan fingerprint density at radius 3 is 2.65 bits per heavy atom. The first-order valence-electron chi connectivity index (χ1n) is 7.91. The summed E-state index contributed by atoms with van der Waals surface area (Å²) in [7, 11) is 0. The van der Waals surface area contributed by atoms with Crippen LogP contribution in [-0.2, 0) is 4.74 Å². The molecule has 3 rings (SSSR count). The minimum atomic E-state index is -0.699. The average Bonchev–Trinajstić information content (AvgIpc) is 2.49. The lowest BCUT2D eigenvalue weighted by Gasteiger charge is -2.48. The lowest BCUT2D eigenvalue weighted by atomic mass is 9.78. The van der Waals surface area contributed by atoms with Gasteiger partial charge in [-0.3, -0.25) is 4.79 Å². The first kappa shape index (κ1) is 16.7. The molecule has 1 atom stereocenters. The van der Waals surface area contributed by atoms with Crippen LogP contribution in [0.3, 0.4) is 0 Å². The zero-order valence-electron chi connectivity index (χ0n) is 13.1. The van der Waals surface area contributed by atoms with Gasteiger partial charge < -0.3 is 14.7 Å². The Balaban J connectivity index is 1.66. The van der Waals surface area contributed by atoms with Crippen molar-refractivity contribution in [1.82, 2.24) is 4.90 Å². The number of ether oxygens (including phenoxy) is 1. The molecule has 1 aromatic carbocycles. The van der Waals surface area contributed by atoms with Gasteiger partial charge in [-0.2, -0.15) is 0 Å². The number of carbonyl (C=O) groups excluding carboxylic acids is 1. The number of carbonyl (C=O) groups is 1. The maximum atomic E-state index is 13.2. The molecule has 6 heteroatoms. The molecule has 0 bridgehead atoms. The van der Waals surface area contributed by atoms with Crippen molar-refractivity contribution < 1.29 is 19.0 Å². The van der Waals surface area contributed by atoms with Gasteiger partial charge in [0.2, 0.25) is 0 Å². The van der Waals surface area contributed by atoms with Crippen molar-refractivity contribution in [3.63, 3.8) is 0 Å².